The Kier molecular flexibility index (Phi) is 4.25. The second kappa shape index (κ2) is 5.40. The average Bonchev–Trinajstić information content (AvgIpc) is 2.76. The smallest absolute Gasteiger partial charge is 0.223 e. The molecule has 3 unspecified atom stereocenters. The van der Waals surface area contributed by atoms with Crippen LogP contribution in [0.15, 0.2) is 0 Å². The number of hydrogen-bond donors (Lipinski definition) is 1. The molecule has 0 bridgehead atoms. The summed E-state index contributed by atoms with van der Waals surface area (Å²) in [5.41, 5.74) is 5.57. The number of ether oxygens (including phenoxy) is 1. The van der Waals surface area contributed by atoms with E-state index in [1.54, 1.807) is 11.2 Å². The van der Waals surface area contributed by atoms with Crippen molar-refractivity contribution in [3.8, 4) is 0 Å². The largest absolute Gasteiger partial charge is 0.392 e. The van der Waals surface area contributed by atoms with Crippen LogP contribution in [0.25, 0.3) is 0 Å². The van der Waals surface area contributed by atoms with Crippen LogP contribution in [0.3, 0.4) is 0 Å². The average molecular weight is 292 g/mol. The minimum absolute atomic E-state index is 0.0212. The standard InChI is InChI=1S/C11H20N2O3S2/c1-2-10(11(12)17)18(14,15)13-6-7-16-9-5-3-4-8(9)13/h8-10H,2-7H2,1H3,(H2,12,17). The summed E-state index contributed by atoms with van der Waals surface area (Å²) in [5, 5.41) is -0.744. The van der Waals surface area contributed by atoms with Crippen molar-refractivity contribution in [2.45, 2.75) is 50.0 Å². The fraction of sp³-hybridized carbons (Fsp3) is 0.909. The number of hydrogen-bond acceptors (Lipinski definition) is 4. The normalized spacial score (nSPS) is 30.9. The summed E-state index contributed by atoms with van der Waals surface area (Å²) >= 11 is 4.89. The van der Waals surface area contributed by atoms with E-state index in [4.69, 9.17) is 22.7 Å². The molecule has 1 aliphatic heterocycles. The molecule has 3 atom stereocenters. The molecule has 0 aromatic rings. The van der Waals surface area contributed by atoms with E-state index in [1.807, 2.05) is 0 Å². The van der Waals surface area contributed by atoms with E-state index in [0.717, 1.165) is 19.3 Å². The number of nitrogens with two attached hydrogens (primary N) is 1. The van der Waals surface area contributed by atoms with Crippen molar-refractivity contribution in [2.75, 3.05) is 13.2 Å². The molecule has 18 heavy (non-hydrogen) atoms. The molecule has 2 fully saturated rings. The minimum Gasteiger partial charge on any atom is -0.392 e. The Balaban J connectivity index is 2.25. The molecule has 0 aromatic carbocycles. The predicted octanol–water partition coefficient (Wildman–Crippen LogP) is 0.634. The molecule has 0 radical (unpaired) electrons. The summed E-state index contributed by atoms with van der Waals surface area (Å²) in [4.78, 5) is 0.0681. The molecule has 0 spiro atoms. The number of rotatable bonds is 4. The first-order chi connectivity index (χ1) is 8.48. The zero-order valence-electron chi connectivity index (χ0n) is 10.5. The van der Waals surface area contributed by atoms with Crippen molar-refractivity contribution in [2.24, 2.45) is 5.73 Å². The lowest BCUT2D eigenvalue weighted by molar-refractivity contribution is -0.0243. The van der Waals surface area contributed by atoms with Crippen molar-refractivity contribution in [3.63, 3.8) is 0 Å². The summed E-state index contributed by atoms with van der Waals surface area (Å²) in [6.07, 6.45) is 3.31. The van der Waals surface area contributed by atoms with Crippen LogP contribution in [0.4, 0.5) is 0 Å². The summed E-state index contributed by atoms with van der Waals surface area (Å²) in [6, 6.07) is -0.0212. The maximum atomic E-state index is 12.6. The molecule has 0 aromatic heterocycles. The van der Waals surface area contributed by atoms with Crippen molar-refractivity contribution in [3.05, 3.63) is 0 Å². The third-order valence-electron chi connectivity index (χ3n) is 3.81. The summed E-state index contributed by atoms with van der Waals surface area (Å²) in [6.45, 7) is 2.69. The zero-order valence-corrected chi connectivity index (χ0v) is 12.2. The van der Waals surface area contributed by atoms with Gasteiger partial charge in [-0.25, -0.2) is 8.42 Å². The van der Waals surface area contributed by atoms with E-state index in [-0.39, 0.29) is 17.1 Å². The van der Waals surface area contributed by atoms with Gasteiger partial charge in [-0.1, -0.05) is 19.1 Å². The fourth-order valence-electron chi connectivity index (χ4n) is 2.93. The number of morpholine rings is 1. The fourth-order valence-corrected chi connectivity index (χ4v) is 5.45. The minimum atomic E-state index is -3.44. The number of nitrogens with zero attached hydrogens (tertiary/aromatic N) is 1. The Morgan fingerprint density at radius 1 is 1.56 bits per heavy atom. The highest BCUT2D eigenvalue weighted by molar-refractivity contribution is 7.92. The van der Waals surface area contributed by atoms with Crippen LogP contribution in [-0.4, -0.2) is 48.3 Å². The Morgan fingerprint density at radius 3 is 2.89 bits per heavy atom. The van der Waals surface area contributed by atoms with Gasteiger partial charge in [0.05, 0.1) is 23.7 Å². The SMILES string of the molecule is CCC(C(N)=S)S(=O)(=O)N1CCOC2CCCC21. The third kappa shape index (κ3) is 2.41. The molecule has 2 aliphatic rings. The Labute approximate surface area is 114 Å². The van der Waals surface area contributed by atoms with Gasteiger partial charge in [0.1, 0.15) is 5.25 Å². The van der Waals surface area contributed by atoms with E-state index < -0.39 is 15.3 Å². The Morgan fingerprint density at radius 2 is 2.28 bits per heavy atom. The van der Waals surface area contributed by atoms with E-state index in [0.29, 0.717) is 19.6 Å². The van der Waals surface area contributed by atoms with Crippen LogP contribution in [0, 0.1) is 0 Å². The first kappa shape index (κ1) is 14.2. The first-order valence-electron chi connectivity index (χ1n) is 6.40. The lowest BCUT2D eigenvalue weighted by atomic mass is 10.2. The first-order valence-corrected chi connectivity index (χ1v) is 8.31. The van der Waals surface area contributed by atoms with Gasteiger partial charge in [-0.3, -0.25) is 0 Å². The molecule has 7 heteroatoms. The van der Waals surface area contributed by atoms with Gasteiger partial charge in [0.2, 0.25) is 10.0 Å². The number of thiocarbonyl (C=S) groups is 1. The molecule has 1 saturated carbocycles. The summed E-state index contributed by atoms with van der Waals surface area (Å²) < 4.78 is 32.4. The van der Waals surface area contributed by atoms with Gasteiger partial charge < -0.3 is 10.5 Å². The maximum Gasteiger partial charge on any atom is 0.223 e. The van der Waals surface area contributed by atoms with E-state index in [1.165, 1.54) is 0 Å². The van der Waals surface area contributed by atoms with Crippen LogP contribution in [-0.2, 0) is 14.8 Å². The van der Waals surface area contributed by atoms with E-state index in [2.05, 4.69) is 0 Å². The predicted molar refractivity (Wildman–Crippen MR) is 73.9 cm³/mol. The lowest BCUT2D eigenvalue weighted by Gasteiger charge is -2.38. The molecule has 2 rings (SSSR count). The topological polar surface area (TPSA) is 72.6 Å². The number of sulfonamides is 1. The zero-order chi connectivity index (χ0) is 13.3. The van der Waals surface area contributed by atoms with Crippen LogP contribution in [0.5, 0.6) is 0 Å². The second-order valence-corrected chi connectivity index (χ2v) is 7.40. The van der Waals surface area contributed by atoms with Gasteiger partial charge in [0, 0.05) is 6.54 Å². The number of fused-ring (bicyclic) bond motifs is 1. The molecule has 1 aliphatic carbocycles. The molecule has 1 saturated heterocycles. The maximum absolute atomic E-state index is 12.6. The molecule has 0 amide bonds. The summed E-state index contributed by atoms with van der Waals surface area (Å²) in [5.74, 6) is 0. The molecule has 104 valence electrons. The molecule has 1 heterocycles. The van der Waals surface area contributed by atoms with Gasteiger partial charge in [0.25, 0.3) is 0 Å². The monoisotopic (exact) mass is 292 g/mol. The molecular formula is C11H20N2O3S2. The van der Waals surface area contributed by atoms with Crippen LogP contribution in [0.1, 0.15) is 32.6 Å². The second-order valence-electron chi connectivity index (χ2n) is 4.86. The third-order valence-corrected chi connectivity index (χ3v) is 6.65. The van der Waals surface area contributed by atoms with Gasteiger partial charge in [-0.05, 0) is 25.7 Å². The van der Waals surface area contributed by atoms with E-state index in [9.17, 15) is 8.42 Å². The quantitative estimate of drug-likeness (QED) is 0.770. The Bertz CT molecular complexity index is 424. The van der Waals surface area contributed by atoms with Crippen LogP contribution in [0.2, 0.25) is 0 Å². The summed E-state index contributed by atoms with van der Waals surface area (Å²) in [7, 11) is -3.44. The van der Waals surface area contributed by atoms with Crippen LogP contribution >= 0.6 is 12.2 Å². The molecule has 2 N–H and O–H groups in total. The highest BCUT2D eigenvalue weighted by Gasteiger charge is 2.44. The highest BCUT2D eigenvalue weighted by Crippen LogP contribution is 2.32. The Hall–Kier alpha value is -0.240. The van der Waals surface area contributed by atoms with Crippen molar-refractivity contribution < 1.29 is 13.2 Å². The van der Waals surface area contributed by atoms with Crippen molar-refractivity contribution in [1.29, 1.82) is 0 Å². The van der Waals surface area contributed by atoms with Gasteiger partial charge in [0.15, 0.2) is 0 Å². The molecule has 5 nitrogen and oxygen atoms in total. The lowest BCUT2D eigenvalue weighted by Crippen LogP contribution is -2.55. The van der Waals surface area contributed by atoms with Crippen molar-refractivity contribution >= 4 is 27.2 Å². The van der Waals surface area contributed by atoms with E-state index >= 15 is 0 Å². The van der Waals surface area contributed by atoms with Crippen LogP contribution < -0.4 is 5.73 Å². The van der Waals surface area contributed by atoms with Gasteiger partial charge in [-0.2, -0.15) is 4.31 Å². The van der Waals surface area contributed by atoms with Gasteiger partial charge in [-0.15, -0.1) is 0 Å². The van der Waals surface area contributed by atoms with Gasteiger partial charge >= 0.3 is 0 Å². The highest BCUT2D eigenvalue weighted by atomic mass is 32.2. The van der Waals surface area contributed by atoms with Crippen molar-refractivity contribution in [1.82, 2.24) is 4.31 Å². The molecular weight excluding hydrogens is 272 g/mol.